The normalized spacial score (nSPS) is 16.3. The summed E-state index contributed by atoms with van der Waals surface area (Å²) in [6.45, 7) is 6.32. The van der Waals surface area contributed by atoms with Crippen molar-refractivity contribution in [1.29, 1.82) is 0 Å². The monoisotopic (exact) mass is 600 g/mol. The highest BCUT2D eigenvalue weighted by Gasteiger charge is 2.49. The number of aliphatic hydroxyl groups is 1. The third-order valence-corrected chi connectivity index (χ3v) is 8.47. The van der Waals surface area contributed by atoms with Crippen LogP contribution in [0.3, 0.4) is 0 Å². The van der Waals surface area contributed by atoms with Gasteiger partial charge in [-0.25, -0.2) is 9.59 Å². The molecule has 0 saturated heterocycles. The first-order chi connectivity index (χ1) is 19.9. The Morgan fingerprint density at radius 1 is 1.00 bits per heavy atom. The van der Waals surface area contributed by atoms with Crippen molar-refractivity contribution >= 4 is 22.7 Å². The number of aliphatic carboxylic acids is 2. The van der Waals surface area contributed by atoms with Crippen molar-refractivity contribution in [3.05, 3.63) is 76.6 Å². The van der Waals surface area contributed by atoms with Crippen molar-refractivity contribution < 1.29 is 38.6 Å². The SMILES string of the molecule is CC1=C(C(=O)O)C(C)(c2cc(S(C)=O)ccc2OCCCCNCC(O)COc2ccccc2)C(C(=O)O)=C(C)N1C. The molecule has 0 amide bonds. The van der Waals surface area contributed by atoms with Gasteiger partial charge in [-0.2, -0.15) is 0 Å². The predicted octanol–water partition coefficient (Wildman–Crippen LogP) is 3.53. The molecule has 2 atom stereocenters. The van der Waals surface area contributed by atoms with E-state index in [0.29, 0.717) is 52.9 Å². The number of rotatable bonds is 15. The Morgan fingerprint density at radius 2 is 1.62 bits per heavy atom. The van der Waals surface area contributed by atoms with Gasteiger partial charge in [0.1, 0.15) is 24.2 Å². The first-order valence-electron chi connectivity index (χ1n) is 13.7. The van der Waals surface area contributed by atoms with E-state index in [4.69, 9.17) is 9.47 Å². The zero-order valence-corrected chi connectivity index (χ0v) is 25.5. The third-order valence-electron chi connectivity index (χ3n) is 7.55. The van der Waals surface area contributed by atoms with Gasteiger partial charge in [0.05, 0.1) is 23.2 Å². The molecule has 0 spiro atoms. The Balaban J connectivity index is 1.72. The van der Waals surface area contributed by atoms with Gasteiger partial charge in [0.15, 0.2) is 0 Å². The van der Waals surface area contributed by atoms with E-state index >= 15 is 0 Å². The van der Waals surface area contributed by atoms with Crippen LogP contribution in [0.15, 0.2) is 76.0 Å². The van der Waals surface area contributed by atoms with E-state index < -0.39 is 34.3 Å². The zero-order valence-electron chi connectivity index (χ0n) is 24.7. The van der Waals surface area contributed by atoms with Crippen LogP contribution in [0.5, 0.6) is 11.5 Å². The number of hydrogen-bond acceptors (Lipinski definition) is 8. The van der Waals surface area contributed by atoms with Gasteiger partial charge in [0.2, 0.25) is 0 Å². The summed E-state index contributed by atoms with van der Waals surface area (Å²) in [5.74, 6) is -1.47. The van der Waals surface area contributed by atoms with E-state index in [1.807, 2.05) is 30.3 Å². The molecule has 1 heterocycles. The van der Waals surface area contributed by atoms with Crippen molar-refractivity contribution in [2.24, 2.45) is 0 Å². The van der Waals surface area contributed by atoms with E-state index in [9.17, 15) is 29.1 Å². The Kier molecular flexibility index (Phi) is 11.3. The smallest absolute Gasteiger partial charge is 0.334 e. The van der Waals surface area contributed by atoms with Gasteiger partial charge in [-0.3, -0.25) is 4.21 Å². The van der Waals surface area contributed by atoms with Crippen LogP contribution in [0.2, 0.25) is 0 Å². The summed E-state index contributed by atoms with van der Waals surface area (Å²) in [7, 11) is 0.236. The van der Waals surface area contributed by atoms with Crippen LogP contribution < -0.4 is 14.8 Å². The molecule has 1 aliphatic heterocycles. The Morgan fingerprint density at radius 3 is 2.19 bits per heavy atom. The number of hydrogen-bond donors (Lipinski definition) is 4. The maximum absolute atomic E-state index is 12.6. The molecule has 4 N–H and O–H groups in total. The van der Waals surface area contributed by atoms with Crippen LogP contribution in [0.4, 0.5) is 0 Å². The molecule has 2 aromatic carbocycles. The molecule has 2 unspecified atom stereocenters. The summed E-state index contributed by atoms with van der Waals surface area (Å²) in [6.07, 6.45) is 2.22. The first-order valence-corrected chi connectivity index (χ1v) is 15.3. The second-order valence-corrected chi connectivity index (χ2v) is 11.7. The average Bonchev–Trinajstić information content (AvgIpc) is 2.94. The molecule has 0 aliphatic carbocycles. The van der Waals surface area contributed by atoms with Gasteiger partial charge >= 0.3 is 11.9 Å². The van der Waals surface area contributed by atoms with Gasteiger partial charge in [-0.15, -0.1) is 0 Å². The maximum atomic E-state index is 12.6. The number of unbranched alkanes of at least 4 members (excludes halogenated alkanes) is 1. The fourth-order valence-corrected chi connectivity index (χ4v) is 5.76. The van der Waals surface area contributed by atoms with Gasteiger partial charge in [0.25, 0.3) is 0 Å². The van der Waals surface area contributed by atoms with Crippen LogP contribution in [-0.2, 0) is 25.8 Å². The molecule has 0 bridgehead atoms. The molecule has 0 aromatic heterocycles. The molecule has 10 nitrogen and oxygen atoms in total. The molecule has 0 fully saturated rings. The fourth-order valence-electron chi connectivity index (χ4n) is 5.22. The molecule has 11 heteroatoms. The molecule has 1 aliphatic rings. The summed E-state index contributed by atoms with van der Waals surface area (Å²) in [5.41, 5.74) is -0.612. The summed E-state index contributed by atoms with van der Waals surface area (Å²) in [5, 5.41) is 33.9. The van der Waals surface area contributed by atoms with Gasteiger partial charge in [-0.1, -0.05) is 18.2 Å². The summed E-state index contributed by atoms with van der Waals surface area (Å²) in [4.78, 5) is 27.2. The van der Waals surface area contributed by atoms with Crippen LogP contribution in [-0.4, -0.2) is 82.1 Å². The predicted molar refractivity (Wildman–Crippen MR) is 160 cm³/mol. The summed E-state index contributed by atoms with van der Waals surface area (Å²) < 4.78 is 24.1. The van der Waals surface area contributed by atoms with Crippen molar-refractivity contribution in [2.75, 3.05) is 39.6 Å². The van der Waals surface area contributed by atoms with Crippen LogP contribution in [0.1, 0.15) is 39.2 Å². The molecular weight excluding hydrogens is 560 g/mol. The molecule has 2 aromatic rings. The summed E-state index contributed by atoms with van der Waals surface area (Å²) >= 11 is 0. The molecule has 0 saturated carbocycles. The number of nitrogens with zero attached hydrogens (tertiary/aromatic N) is 1. The van der Waals surface area contributed by atoms with Crippen molar-refractivity contribution in [1.82, 2.24) is 10.2 Å². The molecule has 3 rings (SSSR count). The lowest BCUT2D eigenvalue weighted by Gasteiger charge is -2.42. The largest absolute Gasteiger partial charge is 0.493 e. The topological polar surface area (TPSA) is 146 Å². The van der Waals surface area contributed by atoms with Crippen molar-refractivity contribution in [3.63, 3.8) is 0 Å². The lowest BCUT2D eigenvalue weighted by atomic mass is 9.66. The quantitative estimate of drug-likeness (QED) is 0.224. The number of aliphatic hydroxyl groups excluding tert-OH is 1. The van der Waals surface area contributed by atoms with Gasteiger partial charge in [0, 0.05) is 52.5 Å². The highest BCUT2D eigenvalue weighted by molar-refractivity contribution is 7.84. The Bertz CT molecular complexity index is 1330. The Hall–Kier alpha value is -3.67. The van der Waals surface area contributed by atoms with Crippen LogP contribution in [0, 0.1) is 0 Å². The lowest BCUT2D eigenvalue weighted by Crippen LogP contribution is -2.43. The highest BCUT2D eigenvalue weighted by atomic mass is 32.2. The molecule has 42 heavy (non-hydrogen) atoms. The van der Waals surface area contributed by atoms with E-state index in [1.54, 1.807) is 50.9 Å². The van der Waals surface area contributed by atoms with E-state index in [2.05, 4.69) is 5.32 Å². The minimum Gasteiger partial charge on any atom is -0.493 e. The standard InChI is InChI=1S/C31H40N2O8S/c1-20-27(29(35)36)31(3,28(30(37)38)21(2)33(20)4)25-17-24(42(5)39)13-14-26(25)40-16-10-9-15-32-18-22(34)19-41-23-11-7-6-8-12-23/h6-8,11-14,17,22,32,34H,9-10,15-16,18-19H2,1-5H3,(H,35,36)(H,37,38). The number of carboxylic acids is 2. The van der Waals surface area contributed by atoms with Crippen molar-refractivity contribution in [3.8, 4) is 11.5 Å². The number of carboxylic acid groups (broad SMARTS) is 2. The van der Waals surface area contributed by atoms with Gasteiger partial charge in [-0.05, 0) is 70.5 Å². The average molecular weight is 601 g/mol. The number of ether oxygens (including phenoxy) is 2. The Labute approximate surface area is 249 Å². The highest BCUT2D eigenvalue weighted by Crippen LogP contribution is 2.49. The number of nitrogens with one attached hydrogen (secondary N) is 1. The van der Waals surface area contributed by atoms with E-state index in [-0.39, 0.29) is 24.4 Å². The van der Waals surface area contributed by atoms with E-state index in [1.165, 1.54) is 6.26 Å². The zero-order chi connectivity index (χ0) is 31.0. The van der Waals surface area contributed by atoms with Crippen molar-refractivity contribution in [2.45, 2.75) is 50.0 Å². The maximum Gasteiger partial charge on any atom is 0.334 e. The second-order valence-electron chi connectivity index (χ2n) is 10.4. The third kappa shape index (κ3) is 7.39. The minimum absolute atomic E-state index is 0.0871. The van der Waals surface area contributed by atoms with Crippen LogP contribution >= 0.6 is 0 Å². The fraction of sp³-hybridized carbons (Fsp3) is 0.419. The second kappa shape index (κ2) is 14.5. The number of para-hydroxylation sites is 1. The minimum atomic E-state index is -1.58. The number of carbonyl (C=O) groups is 2. The van der Waals surface area contributed by atoms with Crippen LogP contribution in [0.25, 0.3) is 0 Å². The molecular formula is C31H40N2O8S. The lowest BCUT2D eigenvalue weighted by molar-refractivity contribution is -0.134. The molecule has 228 valence electrons. The number of benzene rings is 2. The summed E-state index contributed by atoms with van der Waals surface area (Å²) in [6, 6.07) is 14.1. The van der Waals surface area contributed by atoms with E-state index in [0.717, 1.165) is 6.42 Å². The first kappa shape index (κ1) is 32.8. The van der Waals surface area contributed by atoms with Gasteiger partial charge < -0.3 is 35.0 Å². The number of allylic oxidation sites excluding steroid dienone is 2. The molecule has 0 radical (unpaired) electrons.